The van der Waals surface area contributed by atoms with E-state index in [9.17, 15) is 4.79 Å². The van der Waals surface area contributed by atoms with Gasteiger partial charge in [0.1, 0.15) is 6.04 Å². The van der Waals surface area contributed by atoms with Crippen LogP contribution >= 0.6 is 0 Å². The van der Waals surface area contributed by atoms with Crippen LogP contribution in [0.1, 0.15) is 36.0 Å². The summed E-state index contributed by atoms with van der Waals surface area (Å²) in [7, 11) is 0. The van der Waals surface area contributed by atoms with Crippen LogP contribution in [0.15, 0.2) is 48.8 Å². The van der Waals surface area contributed by atoms with Gasteiger partial charge in [-0.15, -0.1) is 0 Å². The fourth-order valence-electron chi connectivity index (χ4n) is 3.69. The molecule has 1 amide bonds. The summed E-state index contributed by atoms with van der Waals surface area (Å²) in [6.07, 6.45) is 7.04. The summed E-state index contributed by atoms with van der Waals surface area (Å²) >= 11 is 0. The van der Waals surface area contributed by atoms with Crippen LogP contribution in [0.3, 0.4) is 0 Å². The highest BCUT2D eigenvalue weighted by Gasteiger charge is 2.40. The molecular formula is C21H26N4O. The Labute approximate surface area is 154 Å². The maximum atomic E-state index is 13.3. The molecule has 5 heteroatoms. The van der Waals surface area contributed by atoms with Crippen molar-refractivity contribution in [1.82, 2.24) is 20.7 Å². The van der Waals surface area contributed by atoms with Gasteiger partial charge in [0.2, 0.25) is 5.91 Å². The quantitative estimate of drug-likeness (QED) is 0.841. The summed E-state index contributed by atoms with van der Waals surface area (Å²) in [6, 6.07) is 12.5. The fraction of sp³-hybridized carbons (Fsp3) is 0.429. The molecule has 26 heavy (non-hydrogen) atoms. The number of carbonyl (C=O) groups excluding carboxylic acids is 1. The molecule has 2 aromatic rings. The number of carbonyl (C=O) groups is 1. The van der Waals surface area contributed by atoms with Crippen molar-refractivity contribution in [3.8, 4) is 0 Å². The number of nitrogens with zero attached hydrogens (tertiary/aromatic N) is 2. The Bertz CT molecular complexity index is 760. The predicted octanol–water partition coefficient (Wildman–Crippen LogP) is 2.56. The number of benzene rings is 1. The van der Waals surface area contributed by atoms with Crippen LogP contribution in [0.25, 0.3) is 0 Å². The third-order valence-corrected chi connectivity index (χ3v) is 5.45. The number of hydrogen-bond donors (Lipinski definition) is 2. The minimum atomic E-state index is -0.152. The van der Waals surface area contributed by atoms with Crippen molar-refractivity contribution in [3.05, 3.63) is 65.5 Å². The van der Waals surface area contributed by atoms with Gasteiger partial charge < -0.3 is 4.90 Å². The Morgan fingerprint density at radius 3 is 2.73 bits per heavy atom. The molecule has 5 nitrogen and oxygen atoms in total. The van der Waals surface area contributed by atoms with Crippen molar-refractivity contribution in [2.24, 2.45) is 5.92 Å². The lowest BCUT2D eigenvalue weighted by atomic mass is 10.0. The molecule has 1 aromatic heterocycles. The molecule has 2 fully saturated rings. The van der Waals surface area contributed by atoms with Gasteiger partial charge in [-0.2, -0.15) is 0 Å². The first-order chi connectivity index (χ1) is 12.7. The number of aryl methyl sites for hydroxylation is 1. The molecule has 2 atom stereocenters. The zero-order valence-corrected chi connectivity index (χ0v) is 15.2. The molecule has 1 saturated heterocycles. The van der Waals surface area contributed by atoms with Crippen LogP contribution in [0.2, 0.25) is 0 Å². The second-order valence-corrected chi connectivity index (χ2v) is 7.50. The lowest BCUT2D eigenvalue weighted by Gasteiger charge is -2.26. The average molecular weight is 350 g/mol. The molecule has 1 aliphatic heterocycles. The van der Waals surface area contributed by atoms with Crippen LogP contribution in [0.5, 0.6) is 0 Å². The monoisotopic (exact) mass is 350 g/mol. The third kappa shape index (κ3) is 3.94. The zero-order valence-electron chi connectivity index (χ0n) is 15.2. The summed E-state index contributed by atoms with van der Waals surface area (Å²) in [5.41, 5.74) is 10.0. The Kier molecular flexibility index (Phi) is 5.00. The molecule has 2 unspecified atom stereocenters. The van der Waals surface area contributed by atoms with E-state index in [1.165, 1.54) is 24.0 Å². The average Bonchev–Trinajstić information content (AvgIpc) is 3.40. The minimum Gasteiger partial charge on any atom is -0.333 e. The lowest BCUT2D eigenvalue weighted by Crippen LogP contribution is -2.45. The molecular weight excluding hydrogens is 324 g/mol. The topological polar surface area (TPSA) is 57.3 Å². The summed E-state index contributed by atoms with van der Waals surface area (Å²) < 4.78 is 0. The molecule has 2 N–H and O–H groups in total. The van der Waals surface area contributed by atoms with Gasteiger partial charge in [-0.25, -0.2) is 5.43 Å². The van der Waals surface area contributed by atoms with Gasteiger partial charge in [0, 0.05) is 31.5 Å². The van der Waals surface area contributed by atoms with E-state index in [1.807, 2.05) is 35.4 Å². The summed E-state index contributed by atoms with van der Waals surface area (Å²) in [4.78, 5) is 19.4. The molecule has 4 rings (SSSR count). The van der Waals surface area contributed by atoms with Crippen molar-refractivity contribution in [2.75, 3.05) is 0 Å². The summed E-state index contributed by atoms with van der Waals surface area (Å²) in [5.74, 6) is 0.899. The number of aromatic nitrogens is 1. The number of hydrazine groups is 1. The number of nitrogens with one attached hydrogen (secondary N) is 2. The largest absolute Gasteiger partial charge is 0.333 e. The Hall–Kier alpha value is -2.24. The van der Waals surface area contributed by atoms with Gasteiger partial charge in [0.25, 0.3) is 0 Å². The fourth-order valence-corrected chi connectivity index (χ4v) is 3.69. The maximum absolute atomic E-state index is 13.3. The highest BCUT2D eigenvalue weighted by atomic mass is 16.2. The standard InChI is InChI=1S/C21H26N4O/c1-15-5-2-3-7-18(15)14-25(13-16-6-4-10-22-12-16)21(26)20-11-19(23-24-20)17-8-9-17/h2-7,10,12,17,19-20,23-24H,8-9,11,13-14H2,1H3. The second kappa shape index (κ2) is 7.56. The van der Waals surface area contributed by atoms with Gasteiger partial charge in [-0.1, -0.05) is 30.3 Å². The summed E-state index contributed by atoms with van der Waals surface area (Å²) in [6.45, 7) is 3.29. The Morgan fingerprint density at radius 2 is 2.00 bits per heavy atom. The summed E-state index contributed by atoms with van der Waals surface area (Å²) in [5, 5.41) is 0. The van der Waals surface area contributed by atoms with E-state index >= 15 is 0 Å². The van der Waals surface area contributed by atoms with E-state index in [0.717, 1.165) is 17.9 Å². The predicted molar refractivity (Wildman–Crippen MR) is 101 cm³/mol. The molecule has 1 aliphatic carbocycles. The smallest absolute Gasteiger partial charge is 0.241 e. The van der Waals surface area contributed by atoms with Gasteiger partial charge in [0.05, 0.1) is 0 Å². The van der Waals surface area contributed by atoms with Gasteiger partial charge >= 0.3 is 0 Å². The first kappa shape index (κ1) is 17.2. The highest BCUT2D eigenvalue weighted by Crippen LogP contribution is 2.35. The molecule has 1 aromatic carbocycles. The first-order valence-electron chi connectivity index (χ1n) is 9.44. The molecule has 1 saturated carbocycles. The third-order valence-electron chi connectivity index (χ3n) is 5.45. The van der Waals surface area contributed by atoms with E-state index < -0.39 is 0 Å². The van der Waals surface area contributed by atoms with Crippen LogP contribution in [-0.4, -0.2) is 27.9 Å². The minimum absolute atomic E-state index is 0.152. The number of amides is 1. The van der Waals surface area contributed by atoms with E-state index in [-0.39, 0.29) is 11.9 Å². The van der Waals surface area contributed by atoms with Crippen LogP contribution in [-0.2, 0) is 17.9 Å². The highest BCUT2D eigenvalue weighted by molar-refractivity contribution is 5.82. The lowest BCUT2D eigenvalue weighted by molar-refractivity contribution is -0.134. The van der Waals surface area contributed by atoms with Crippen molar-refractivity contribution < 1.29 is 4.79 Å². The SMILES string of the molecule is Cc1ccccc1CN(Cc1cccnc1)C(=O)C1CC(C2CC2)NN1. The number of hydrogen-bond acceptors (Lipinski definition) is 4. The van der Waals surface area contributed by atoms with Gasteiger partial charge in [-0.3, -0.25) is 15.2 Å². The van der Waals surface area contributed by atoms with E-state index in [0.29, 0.717) is 19.1 Å². The van der Waals surface area contributed by atoms with Gasteiger partial charge in [-0.05, 0) is 54.9 Å². The molecule has 2 heterocycles. The first-order valence-corrected chi connectivity index (χ1v) is 9.44. The van der Waals surface area contributed by atoms with Crippen LogP contribution < -0.4 is 10.9 Å². The van der Waals surface area contributed by atoms with Crippen molar-refractivity contribution in [1.29, 1.82) is 0 Å². The maximum Gasteiger partial charge on any atom is 0.241 e. The second-order valence-electron chi connectivity index (χ2n) is 7.50. The Balaban J connectivity index is 1.51. The van der Waals surface area contributed by atoms with Crippen molar-refractivity contribution in [2.45, 2.75) is 51.4 Å². The van der Waals surface area contributed by atoms with E-state index in [4.69, 9.17) is 0 Å². The van der Waals surface area contributed by atoms with Crippen LogP contribution in [0.4, 0.5) is 0 Å². The van der Waals surface area contributed by atoms with Crippen molar-refractivity contribution in [3.63, 3.8) is 0 Å². The van der Waals surface area contributed by atoms with Crippen molar-refractivity contribution >= 4 is 5.91 Å². The number of rotatable bonds is 6. The normalized spacial score (nSPS) is 22.3. The van der Waals surface area contributed by atoms with E-state index in [2.05, 4.69) is 34.9 Å². The molecule has 0 bridgehead atoms. The molecule has 0 radical (unpaired) electrons. The van der Waals surface area contributed by atoms with Crippen LogP contribution in [0, 0.1) is 12.8 Å². The Morgan fingerprint density at radius 1 is 1.15 bits per heavy atom. The molecule has 136 valence electrons. The van der Waals surface area contributed by atoms with E-state index in [1.54, 1.807) is 6.20 Å². The number of pyridine rings is 1. The zero-order chi connectivity index (χ0) is 17.9. The van der Waals surface area contributed by atoms with Gasteiger partial charge in [0.15, 0.2) is 0 Å². The molecule has 2 aliphatic rings. The molecule has 0 spiro atoms.